The van der Waals surface area contributed by atoms with Crippen molar-refractivity contribution < 1.29 is 26.9 Å². The number of alkyl halides is 1. The van der Waals surface area contributed by atoms with Crippen molar-refractivity contribution in [3.05, 3.63) is 0 Å². The van der Waals surface area contributed by atoms with Gasteiger partial charge in [-0.2, -0.15) is 8.42 Å². The van der Waals surface area contributed by atoms with E-state index in [1.807, 2.05) is 0 Å². The normalized spacial score (nSPS) is 19.5. The van der Waals surface area contributed by atoms with Gasteiger partial charge in [0.05, 0.1) is 22.9 Å². The molecule has 0 bridgehead atoms. The summed E-state index contributed by atoms with van der Waals surface area (Å²) in [5, 5.41) is 9.11. The SMILES string of the molecule is CC(C)OS(=O)(=O)C1(CC(CF)CC(C)(C)C(=O)O)CC1. The summed E-state index contributed by atoms with van der Waals surface area (Å²) < 4.78 is 41.7. The molecule has 21 heavy (non-hydrogen) atoms. The van der Waals surface area contributed by atoms with Gasteiger partial charge in [0.2, 0.25) is 0 Å². The molecule has 1 unspecified atom stereocenters. The van der Waals surface area contributed by atoms with Gasteiger partial charge in [0, 0.05) is 0 Å². The van der Waals surface area contributed by atoms with E-state index in [-0.39, 0.29) is 12.8 Å². The zero-order valence-corrected chi connectivity index (χ0v) is 13.9. The standard InChI is InChI=1S/C14H25FO5S/c1-10(2)20-21(18,19)14(5-6-14)8-11(9-15)7-13(3,4)12(16)17/h10-11H,5-9H2,1-4H3,(H,16,17). The topological polar surface area (TPSA) is 80.7 Å². The molecular weight excluding hydrogens is 299 g/mol. The number of carboxylic acid groups (broad SMARTS) is 1. The molecule has 0 aromatic rings. The van der Waals surface area contributed by atoms with Crippen molar-refractivity contribution in [1.82, 2.24) is 0 Å². The summed E-state index contributed by atoms with van der Waals surface area (Å²) in [4.78, 5) is 11.1. The van der Waals surface area contributed by atoms with E-state index in [1.54, 1.807) is 13.8 Å². The van der Waals surface area contributed by atoms with E-state index < -0.39 is 44.9 Å². The number of aliphatic carboxylic acids is 1. The molecule has 0 aromatic heterocycles. The van der Waals surface area contributed by atoms with Gasteiger partial charge in [-0.05, 0) is 59.3 Å². The van der Waals surface area contributed by atoms with Crippen LogP contribution in [-0.4, -0.2) is 37.0 Å². The van der Waals surface area contributed by atoms with Gasteiger partial charge < -0.3 is 5.11 Å². The fourth-order valence-corrected chi connectivity index (χ4v) is 4.32. The number of hydrogen-bond acceptors (Lipinski definition) is 4. The zero-order valence-electron chi connectivity index (χ0n) is 13.1. The highest BCUT2D eigenvalue weighted by molar-refractivity contribution is 7.88. The summed E-state index contributed by atoms with van der Waals surface area (Å²) in [5.41, 5.74) is -1.07. The Balaban J connectivity index is 2.80. The third kappa shape index (κ3) is 4.39. The van der Waals surface area contributed by atoms with Crippen LogP contribution in [0.5, 0.6) is 0 Å². The van der Waals surface area contributed by atoms with Crippen LogP contribution in [0.25, 0.3) is 0 Å². The molecular formula is C14H25FO5S. The van der Waals surface area contributed by atoms with Crippen LogP contribution in [0, 0.1) is 11.3 Å². The summed E-state index contributed by atoms with van der Waals surface area (Å²) in [6, 6.07) is 0. The molecule has 0 heterocycles. The van der Waals surface area contributed by atoms with Gasteiger partial charge in [0.15, 0.2) is 0 Å². The molecule has 7 heteroatoms. The highest BCUT2D eigenvalue weighted by Gasteiger charge is 2.56. The first-order valence-corrected chi connectivity index (χ1v) is 8.59. The quantitative estimate of drug-likeness (QED) is 0.660. The summed E-state index contributed by atoms with van der Waals surface area (Å²) in [6.45, 7) is 5.59. The highest BCUT2D eigenvalue weighted by Crippen LogP contribution is 2.50. The van der Waals surface area contributed by atoms with E-state index in [1.165, 1.54) is 13.8 Å². The molecule has 0 spiro atoms. The molecule has 1 rings (SSSR count). The number of carbonyl (C=O) groups is 1. The summed E-state index contributed by atoms with van der Waals surface area (Å²) in [6.07, 6.45) is 0.678. The predicted octanol–water partition coefficient (Wildman–Crippen LogP) is 2.75. The summed E-state index contributed by atoms with van der Waals surface area (Å²) >= 11 is 0. The Hall–Kier alpha value is -0.690. The fraction of sp³-hybridized carbons (Fsp3) is 0.929. The Morgan fingerprint density at radius 3 is 2.24 bits per heavy atom. The highest BCUT2D eigenvalue weighted by atomic mass is 32.2. The lowest BCUT2D eigenvalue weighted by Gasteiger charge is -2.27. The van der Waals surface area contributed by atoms with E-state index in [0.29, 0.717) is 12.8 Å². The van der Waals surface area contributed by atoms with Gasteiger partial charge >= 0.3 is 5.97 Å². The lowest BCUT2D eigenvalue weighted by Crippen LogP contribution is -2.34. The molecule has 1 N–H and O–H groups in total. The third-order valence-corrected chi connectivity index (χ3v) is 6.19. The maximum Gasteiger partial charge on any atom is 0.309 e. The minimum atomic E-state index is -3.74. The Morgan fingerprint density at radius 2 is 1.90 bits per heavy atom. The van der Waals surface area contributed by atoms with Crippen LogP contribution in [0.4, 0.5) is 4.39 Å². The second-order valence-corrected chi connectivity index (χ2v) is 8.87. The Kier molecular flexibility index (Phi) is 5.42. The van der Waals surface area contributed by atoms with Crippen LogP contribution < -0.4 is 0 Å². The minimum absolute atomic E-state index is 0.109. The van der Waals surface area contributed by atoms with Crippen LogP contribution in [-0.2, 0) is 19.1 Å². The van der Waals surface area contributed by atoms with Crippen molar-refractivity contribution in [3.63, 3.8) is 0 Å². The van der Waals surface area contributed by atoms with Crippen LogP contribution in [0.3, 0.4) is 0 Å². The largest absolute Gasteiger partial charge is 0.481 e. The number of halogens is 1. The first-order valence-electron chi connectivity index (χ1n) is 7.18. The maximum absolute atomic E-state index is 13.2. The molecule has 1 aliphatic rings. The number of hydrogen-bond donors (Lipinski definition) is 1. The Labute approximate surface area is 126 Å². The molecule has 1 aliphatic carbocycles. The number of rotatable bonds is 9. The molecule has 0 saturated heterocycles. The Bertz CT molecular complexity index is 480. The molecule has 0 aromatic carbocycles. The van der Waals surface area contributed by atoms with Crippen molar-refractivity contribution in [1.29, 1.82) is 0 Å². The van der Waals surface area contributed by atoms with E-state index in [0.717, 1.165) is 0 Å². The first kappa shape index (κ1) is 18.4. The van der Waals surface area contributed by atoms with Crippen molar-refractivity contribution in [2.24, 2.45) is 11.3 Å². The fourth-order valence-electron chi connectivity index (χ4n) is 2.57. The lowest BCUT2D eigenvalue weighted by atomic mass is 9.81. The van der Waals surface area contributed by atoms with Crippen LogP contribution in [0.1, 0.15) is 53.4 Å². The summed E-state index contributed by atoms with van der Waals surface area (Å²) in [5.74, 6) is -1.60. The lowest BCUT2D eigenvalue weighted by molar-refractivity contribution is -0.148. The van der Waals surface area contributed by atoms with Crippen LogP contribution in [0.2, 0.25) is 0 Å². The van der Waals surface area contributed by atoms with Crippen molar-refractivity contribution in [3.8, 4) is 0 Å². The van der Waals surface area contributed by atoms with Gasteiger partial charge in [-0.15, -0.1) is 0 Å². The van der Waals surface area contributed by atoms with Gasteiger partial charge in [-0.1, -0.05) is 0 Å². The smallest absolute Gasteiger partial charge is 0.309 e. The van der Waals surface area contributed by atoms with Crippen LogP contribution in [0.15, 0.2) is 0 Å². The Morgan fingerprint density at radius 1 is 1.38 bits per heavy atom. The van der Waals surface area contributed by atoms with E-state index >= 15 is 0 Å². The van der Waals surface area contributed by atoms with Gasteiger partial charge in [-0.25, -0.2) is 0 Å². The predicted molar refractivity (Wildman–Crippen MR) is 77.2 cm³/mol. The van der Waals surface area contributed by atoms with Crippen LogP contribution >= 0.6 is 0 Å². The molecule has 0 radical (unpaired) electrons. The van der Waals surface area contributed by atoms with Gasteiger partial charge in [-0.3, -0.25) is 13.4 Å². The average Bonchev–Trinajstić information content (AvgIpc) is 3.07. The van der Waals surface area contributed by atoms with E-state index in [9.17, 15) is 17.6 Å². The van der Waals surface area contributed by atoms with Gasteiger partial charge in [0.1, 0.15) is 0 Å². The zero-order chi connectivity index (χ0) is 16.5. The van der Waals surface area contributed by atoms with Crippen molar-refractivity contribution in [2.75, 3.05) is 6.67 Å². The molecule has 0 amide bonds. The molecule has 1 atom stereocenters. The van der Waals surface area contributed by atoms with Crippen molar-refractivity contribution in [2.45, 2.75) is 64.2 Å². The third-order valence-electron chi connectivity index (χ3n) is 3.91. The first-order chi connectivity index (χ1) is 9.46. The molecule has 1 fully saturated rings. The molecule has 0 aliphatic heterocycles. The van der Waals surface area contributed by atoms with Crippen molar-refractivity contribution >= 4 is 16.1 Å². The average molecular weight is 324 g/mol. The molecule has 1 saturated carbocycles. The van der Waals surface area contributed by atoms with E-state index in [4.69, 9.17) is 9.29 Å². The molecule has 5 nitrogen and oxygen atoms in total. The minimum Gasteiger partial charge on any atom is -0.481 e. The van der Waals surface area contributed by atoms with E-state index in [2.05, 4.69) is 0 Å². The number of carboxylic acids is 1. The second-order valence-electron chi connectivity index (χ2n) is 6.90. The summed E-state index contributed by atoms with van der Waals surface area (Å²) in [7, 11) is -3.74. The second kappa shape index (κ2) is 6.20. The van der Waals surface area contributed by atoms with Gasteiger partial charge in [0.25, 0.3) is 10.1 Å². The monoisotopic (exact) mass is 324 g/mol. The molecule has 124 valence electrons. The maximum atomic E-state index is 13.2.